The Morgan fingerprint density at radius 3 is 2.42 bits per heavy atom. The molecule has 6 heteroatoms. The summed E-state index contributed by atoms with van der Waals surface area (Å²) in [6.07, 6.45) is 0.928. The molecule has 0 amide bonds. The van der Waals surface area contributed by atoms with Gasteiger partial charge in [0.1, 0.15) is 0 Å². The molecule has 0 aliphatic carbocycles. The van der Waals surface area contributed by atoms with Crippen LogP contribution in [-0.4, -0.2) is 41.3 Å². The number of nitrogens with one attached hydrogen (secondary N) is 1. The number of hydrogen-bond donors (Lipinski definition) is 3. The fourth-order valence-electron chi connectivity index (χ4n) is 2.49. The molecule has 0 spiro atoms. The summed E-state index contributed by atoms with van der Waals surface area (Å²) in [5.41, 5.74) is 0.828. The van der Waals surface area contributed by atoms with Gasteiger partial charge < -0.3 is 15.5 Å². The predicted molar refractivity (Wildman–Crippen MR) is 81.7 cm³/mol. The topological polar surface area (TPSA) is 55.7 Å². The van der Waals surface area contributed by atoms with Crippen molar-refractivity contribution in [2.45, 2.75) is 19.4 Å². The van der Waals surface area contributed by atoms with Crippen molar-refractivity contribution in [3.63, 3.8) is 0 Å². The molecule has 0 aromatic heterocycles. The lowest BCUT2D eigenvalue weighted by Gasteiger charge is -2.35. The molecule has 1 fully saturated rings. The number of rotatable bonds is 3. The van der Waals surface area contributed by atoms with Crippen LogP contribution in [0.5, 0.6) is 11.5 Å². The van der Waals surface area contributed by atoms with E-state index in [1.54, 1.807) is 6.07 Å². The number of aromatic hydroxyl groups is 2. The number of nitrogens with zero attached hydrogens (tertiary/aromatic N) is 1. The molecule has 110 valence electrons. The Bertz CT molecular complexity index is 385. The molecule has 4 nitrogen and oxygen atoms in total. The molecule has 1 aliphatic heterocycles. The van der Waals surface area contributed by atoms with Crippen molar-refractivity contribution >= 4 is 24.8 Å². The molecule has 3 N–H and O–H groups in total. The molecule has 2 rings (SSSR count). The van der Waals surface area contributed by atoms with E-state index in [-0.39, 0.29) is 42.4 Å². The molecule has 0 radical (unpaired) electrons. The van der Waals surface area contributed by atoms with Crippen molar-refractivity contribution in [1.82, 2.24) is 10.2 Å². The zero-order valence-corrected chi connectivity index (χ0v) is 12.6. The van der Waals surface area contributed by atoms with Crippen molar-refractivity contribution in [3.05, 3.63) is 23.8 Å². The van der Waals surface area contributed by atoms with Gasteiger partial charge in [-0.2, -0.15) is 0 Å². The van der Waals surface area contributed by atoms with E-state index >= 15 is 0 Å². The van der Waals surface area contributed by atoms with Crippen LogP contribution in [0.4, 0.5) is 0 Å². The number of halogens is 2. The minimum atomic E-state index is -0.0314. The van der Waals surface area contributed by atoms with Gasteiger partial charge in [-0.15, -0.1) is 24.8 Å². The third kappa shape index (κ3) is 4.14. The van der Waals surface area contributed by atoms with Gasteiger partial charge in [0.2, 0.25) is 0 Å². The summed E-state index contributed by atoms with van der Waals surface area (Å²) in [4.78, 5) is 2.35. The Hall–Kier alpha value is -0.680. The zero-order valence-electron chi connectivity index (χ0n) is 11.0. The maximum absolute atomic E-state index is 9.94. The lowest BCUT2D eigenvalue weighted by Crippen LogP contribution is -2.45. The highest BCUT2D eigenvalue weighted by Gasteiger charge is 2.23. The second-order valence-corrected chi connectivity index (χ2v) is 4.42. The van der Waals surface area contributed by atoms with Crippen LogP contribution in [0.1, 0.15) is 24.9 Å². The van der Waals surface area contributed by atoms with E-state index in [9.17, 15) is 10.2 Å². The van der Waals surface area contributed by atoms with Gasteiger partial charge >= 0.3 is 0 Å². The largest absolute Gasteiger partial charge is 0.504 e. The number of piperazine rings is 1. The van der Waals surface area contributed by atoms with Gasteiger partial charge in [-0.05, 0) is 12.5 Å². The highest BCUT2D eigenvalue weighted by molar-refractivity contribution is 5.85. The van der Waals surface area contributed by atoms with Gasteiger partial charge in [0.05, 0.1) is 0 Å². The molecule has 1 saturated heterocycles. The molecule has 0 bridgehead atoms. The molecule has 1 aromatic carbocycles. The van der Waals surface area contributed by atoms with E-state index in [4.69, 9.17) is 0 Å². The average molecular weight is 309 g/mol. The Kier molecular flexibility index (Phi) is 8.18. The van der Waals surface area contributed by atoms with E-state index in [1.165, 1.54) is 6.07 Å². The maximum Gasteiger partial charge on any atom is 0.162 e. The van der Waals surface area contributed by atoms with Crippen LogP contribution in [0.15, 0.2) is 18.2 Å². The van der Waals surface area contributed by atoms with E-state index < -0.39 is 0 Å². The third-order valence-corrected chi connectivity index (χ3v) is 3.38. The van der Waals surface area contributed by atoms with Gasteiger partial charge in [-0.1, -0.05) is 19.1 Å². The van der Waals surface area contributed by atoms with Gasteiger partial charge in [0.15, 0.2) is 11.5 Å². The Labute approximate surface area is 126 Å². The summed E-state index contributed by atoms with van der Waals surface area (Å²) in [5, 5.41) is 22.8. The smallest absolute Gasteiger partial charge is 0.162 e. The Morgan fingerprint density at radius 1 is 1.21 bits per heavy atom. The van der Waals surface area contributed by atoms with Gasteiger partial charge in [0, 0.05) is 37.8 Å². The predicted octanol–water partition coefficient (Wildman–Crippen LogP) is 2.30. The van der Waals surface area contributed by atoms with Gasteiger partial charge in [0.25, 0.3) is 0 Å². The van der Waals surface area contributed by atoms with E-state index in [1.807, 2.05) is 6.07 Å². The lowest BCUT2D eigenvalue weighted by molar-refractivity contribution is 0.166. The van der Waals surface area contributed by atoms with Crippen molar-refractivity contribution in [3.8, 4) is 11.5 Å². The van der Waals surface area contributed by atoms with Crippen LogP contribution < -0.4 is 5.32 Å². The quantitative estimate of drug-likeness (QED) is 0.750. The minimum absolute atomic E-state index is 0. The molecule has 1 aromatic rings. The number of para-hydroxylation sites is 1. The molecule has 1 heterocycles. The summed E-state index contributed by atoms with van der Waals surface area (Å²) in [7, 11) is 0. The molecule has 0 unspecified atom stereocenters. The first kappa shape index (κ1) is 18.3. The van der Waals surface area contributed by atoms with E-state index in [0.29, 0.717) is 0 Å². The lowest BCUT2D eigenvalue weighted by atomic mass is 10.0. The first-order valence-electron chi connectivity index (χ1n) is 6.19. The third-order valence-electron chi connectivity index (χ3n) is 3.38. The number of phenols is 2. The molecule has 1 aliphatic rings. The van der Waals surface area contributed by atoms with Crippen molar-refractivity contribution in [2.24, 2.45) is 0 Å². The Morgan fingerprint density at radius 2 is 1.84 bits per heavy atom. The second-order valence-electron chi connectivity index (χ2n) is 4.42. The first-order chi connectivity index (χ1) is 8.24. The van der Waals surface area contributed by atoms with Crippen LogP contribution in [0, 0.1) is 0 Å². The maximum atomic E-state index is 9.94. The van der Waals surface area contributed by atoms with E-state index in [2.05, 4.69) is 17.1 Å². The van der Waals surface area contributed by atoms with Crippen LogP contribution in [0.2, 0.25) is 0 Å². The summed E-state index contributed by atoms with van der Waals surface area (Å²) >= 11 is 0. The summed E-state index contributed by atoms with van der Waals surface area (Å²) in [5.74, 6) is -0.00559. The summed E-state index contributed by atoms with van der Waals surface area (Å²) in [6.45, 7) is 6.03. The minimum Gasteiger partial charge on any atom is -0.504 e. The van der Waals surface area contributed by atoms with Crippen molar-refractivity contribution < 1.29 is 10.2 Å². The van der Waals surface area contributed by atoms with Crippen molar-refractivity contribution in [1.29, 1.82) is 0 Å². The normalized spacial score (nSPS) is 17.1. The van der Waals surface area contributed by atoms with Crippen molar-refractivity contribution in [2.75, 3.05) is 26.2 Å². The highest BCUT2D eigenvalue weighted by Crippen LogP contribution is 2.36. The average Bonchev–Trinajstić information content (AvgIpc) is 2.37. The monoisotopic (exact) mass is 308 g/mol. The number of hydrogen-bond acceptors (Lipinski definition) is 4. The molecular weight excluding hydrogens is 287 g/mol. The van der Waals surface area contributed by atoms with Crippen LogP contribution in [0.25, 0.3) is 0 Å². The first-order valence-corrected chi connectivity index (χ1v) is 6.19. The van der Waals surface area contributed by atoms with Crippen LogP contribution in [0.3, 0.4) is 0 Å². The molecule has 0 saturated carbocycles. The van der Waals surface area contributed by atoms with Gasteiger partial charge in [-0.25, -0.2) is 0 Å². The standard InChI is InChI=1S/C13H20N2O2.2ClH/c1-2-11(15-8-6-14-7-9-15)10-4-3-5-12(16)13(10)17;;/h3-5,11,14,16-17H,2,6-9H2,1H3;2*1H/t11-;;/m0../s1. The summed E-state index contributed by atoms with van der Waals surface area (Å²) < 4.78 is 0. The van der Waals surface area contributed by atoms with E-state index in [0.717, 1.165) is 38.2 Å². The number of phenolic OH excluding ortho intramolecular Hbond substituents is 2. The second kappa shape index (κ2) is 8.48. The van der Waals surface area contributed by atoms with Gasteiger partial charge in [-0.3, -0.25) is 4.90 Å². The van der Waals surface area contributed by atoms with Crippen LogP contribution >= 0.6 is 24.8 Å². The fraction of sp³-hybridized carbons (Fsp3) is 0.538. The fourth-order valence-corrected chi connectivity index (χ4v) is 2.49. The summed E-state index contributed by atoms with van der Waals surface area (Å²) in [6, 6.07) is 5.38. The molecule has 1 atom stereocenters. The number of benzene rings is 1. The zero-order chi connectivity index (χ0) is 12.3. The SMILES string of the molecule is CC[C@@H](c1cccc(O)c1O)N1CCNCC1.Cl.Cl. The highest BCUT2D eigenvalue weighted by atomic mass is 35.5. The Balaban J connectivity index is 0.00000162. The molecular formula is C13H22Cl2N2O2. The van der Waals surface area contributed by atoms with Crippen LogP contribution in [-0.2, 0) is 0 Å². The molecule has 19 heavy (non-hydrogen) atoms.